The molecule has 1 saturated carbocycles. The summed E-state index contributed by atoms with van der Waals surface area (Å²) >= 11 is 0. The summed E-state index contributed by atoms with van der Waals surface area (Å²) in [6.45, 7) is 7.35. The Morgan fingerprint density at radius 1 is 1.15 bits per heavy atom. The Labute approximate surface area is 241 Å². The molecule has 3 N–H and O–H groups in total. The fourth-order valence-corrected chi connectivity index (χ4v) is 7.27. The van der Waals surface area contributed by atoms with Crippen LogP contribution in [0.2, 0.25) is 0 Å². The van der Waals surface area contributed by atoms with Crippen molar-refractivity contribution in [3.8, 4) is 5.75 Å². The number of piperidine rings is 1. The highest BCUT2D eigenvalue weighted by atomic mass is 32.2. The van der Waals surface area contributed by atoms with Gasteiger partial charge in [-0.15, -0.1) is 0 Å². The van der Waals surface area contributed by atoms with Gasteiger partial charge in [0.25, 0.3) is 5.91 Å². The lowest BCUT2D eigenvalue weighted by Crippen LogP contribution is -2.41. The monoisotopic (exact) mass is 585 g/mol. The van der Waals surface area contributed by atoms with Crippen LogP contribution in [0, 0.1) is 5.41 Å². The number of aliphatic hydroxyl groups is 1. The number of aliphatic hydroxyl groups excluding tert-OH is 1. The maximum absolute atomic E-state index is 13.7. The third-order valence-corrected chi connectivity index (χ3v) is 10.3. The quantitative estimate of drug-likeness (QED) is 0.427. The van der Waals surface area contributed by atoms with Gasteiger partial charge in [0.05, 0.1) is 42.2 Å². The number of sulfonamides is 1. The molecule has 4 heterocycles. The smallest absolute Gasteiger partial charge is 0.274 e. The van der Waals surface area contributed by atoms with Crippen molar-refractivity contribution in [1.29, 1.82) is 0 Å². The Kier molecular flexibility index (Phi) is 7.60. The molecule has 12 heteroatoms. The van der Waals surface area contributed by atoms with Crippen LogP contribution in [0.4, 0.5) is 17.2 Å². The molecule has 4 aliphatic rings. The number of aromatic nitrogens is 1. The van der Waals surface area contributed by atoms with Gasteiger partial charge in [-0.05, 0) is 69.2 Å². The molecule has 0 bridgehead atoms. The second kappa shape index (κ2) is 11.0. The average Bonchev–Trinajstić information content (AvgIpc) is 3.53. The fourth-order valence-electron chi connectivity index (χ4n) is 6.02. The Hall–Kier alpha value is -2.93. The number of amides is 1. The van der Waals surface area contributed by atoms with Crippen LogP contribution in [-0.2, 0) is 21.2 Å². The molecule has 3 fully saturated rings. The van der Waals surface area contributed by atoms with Crippen LogP contribution in [0.5, 0.6) is 5.75 Å². The molecule has 6 rings (SSSR count). The van der Waals surface area contributed by atoms with E-state index in [4.69, 9.17) is 14.5 Å². The molecule has 1 spiro atoms. The number of ether oxygens (including phenoxy) is 2. The molecule has 11 nitrogen and oxygen atoms in total. The molecule has 1 amide bonds. The van der Waals surface area contributed by atoms with Crippen LogP contribution in [-0.4, -0.2) is 82.6 Å². The van der Waals surface area contributed by atoms with E-state index in [1.165, 1.54) is 18.9 Å². The van der Waals surface area contributed by atoms with Gasteiger partial charge in [0.1, 0.15) is 5.69 Å². The highest BCUT2D eigenvalue weighted by molar-refractivity contribution is 7.89. The van der Waals surface area contributed by atoms with E-state index in [0.717, 1.165) is 37.2 Å². The van der Waals surface area contributed by atoms with Crippen molar-refractivity contribution in [1.82, 2.24) is 9.71 Å². The lowest BCUT2D eigenvalue weighted by molar-refractivity contribution is 0.0527. The van der Waals surface area contributed by atoms with E-state index in [2.05, 4.69) is 19.8 Å². The Morgan fingerprint density at radius 3 is 2.63 bits per heavy atom. The van der Waals surface area contributed by atoms with Gasteiger partial charge in [0, 0.05) is 44.2 Å². The summed E-state index contributed by atoms with van der Waals surface area (Å²) in [5.41, 5.74) is 2.89. The molecule has 2 saturated heterocycles. The van der Waals surface area contributed by atoms with Crippen molar-refractivity contribution in [2.75, 3.05) is 61.1 Å². The van der Waals surface area contributed by atoms with Crippen LogP contribution < -0.4 is 24.6 Å². The molecule has 41 heavy (non-hydrogen) atoms. The number of anilines is 3. The predicted molar refractivity (Wildman–Crippen MR) is 155 cm³/mol. The molecule has 0 unspecified atom stereocenters. The molecule has 1 aliphatic carbocycles. The zero-order valence-corrected chi connectivity index (χ0v) is 24.5. The molecule has 0 radical (unpaired) electrons. The number of benzene rings is 1. The van der Waals surface area contributed by atoms with Gasteiger partial charge in [0.15, 0.2) is 11.6 Å². The third kappa shape index (κ3) is 5.88. The van der Waals surface area contributed by atoms with E-state index in [0.29, 0.717) is 61.0 Å². The first-order valence-electron chi connectivity index (χ1n) is 14.5. The summed E-state index contributed by atoms with van der Waals surface area (Å²) < 4.78 is 40.2. The number of morpholine rings is 1. The SMILES string of the molecule is C[C@H](CO)NS(=O)(=O)c1ccc(NC(=O)c2cc3c(c(N4CCO[C@H](C)C4)n2)OCC3)c(N2CCC3(CC2)CC3)c1. The summed E-state index contributed by atoms with van der Waals surface area (Å²) in [5, 5.41) is 12.4. The number of nitrogens with zero attached hydrogens (tertiary/aromatic N) is 3. The molecule has 2 atom stereocenters. The maximum atomic E-state index is 13.7. The van der Waals surface area contributed by atoms with Crippen molar-refractivity contribution >= 4 is 33.1 Å². The zero-order valence-electron chi connectivity index (χ0n) is 23.7. The summed E-state index contributed by atoms with van der Waals surface area (Å²) in [6, 6.07) is 5.93. The first kappa shape index (κ1) is 28.2. The topological polar surface area (TPSA) is 133 Å². The highest BCUT2D eigenvalue weighted by Gasteiger charge is 2.44. The van der Waals surface area contributed by atoms with Crippen LogP contribution in [0.1, 0.15) is 55.6 Å². The molecular weight excluding hydrogens is 546 g/mol. The van der Waals surface area contributed by atoms with E-state index in [9.17, 15) is 18.3 Å². The van der Waals surface area contributed by atoms with Crippen LogP contribution in [0.15, 0.2) is 29.2 Å². The summed E-state index contributed by atoms with van der Waals surface area (Å²) in [5.74, 6) is 1.04. The fraction of sp³-hybridized carbons (Fsp3) is 0.586. The van der Waals surface area contributed by atoms with Crippen molar-refractivity contribution < 1.29 is 27.8 Å². The summed E-state index contributed by atoms with van der Waals surface area (Å²) in [7, 11) is -3.86. The van der Waals surface area contributed by atoms with Gasteiger partial charge in [0.2, 0.25) is 10.0 Å². The van der Waals surface area contributed by atoms with E-state index >= 15 is 0 Å². The summed E-state index contributed by atoms with van der Waals surface area (Å²) in [6.07, 6.45) is 5.35. The van der Waals surface area contributed by atoms with Gasteiger partial charge < -0.3 is 29.7 Å². The van der Waals surface area contributed by atoms with Crippen LogP contribution in [0.3, 0.4) is 0 Å². The largest absolute Gasteiger partial charge is 0.489 e. The number of hydrogen-bond acceptors (Lipinski definition) is 9. The molecule has 222 valence electrons. The number of rotatable bonds is 8. The third-order valence-electron chi connectivity index (χ3n) is 8.70. The first-order valence-corrected chi connectivity index (χ1v) is 16.0. The van der Waals surface area contributed by atoms with Crippen molar-refractivity contribution in [3.05, 3.63) is 35.5 Å². The Balaban J connectivity index is 1.31. The number of carbonyl (C=O) groups excluding carboxylic acids is 1. The maximum Gasteiger partial charge on any atom is 0.274 e. The van der Waals surface area contributed by atoms with Crippen molar-refractivity contribution in [2.45, 2.75) is 63.0 Å². The normalized spacial score (nSPS) is 22.3. The molecule has 2 aromatic rings. The number of carbonyl (C=O) groups is 1. The minimum atomic E-state index is -3.86. The lowest BCUT2D eigenvalue weighted by Gasteiger charge is -2.35. The van der Waals surface area contributed by atoms with Crippen LogP contribution in [0.25, 0.3) is 0 Å². The number of pyridine rings is 1. The lowest BCUT2D eigenvalue weighted by atomic mass is 9.93. The number of hydrogen-bond donors (Lipinski definition) is 3. The molecule has 3 aliphatic heterocycles. The van der Waals surface area contributed by atoms with E-state index < -0.39 is 16.1 Å². The molecule has 1 aromatic heterocycles. The predicted octanol–water partition coefficient (Wildman–Crippen LogP) is 2.53. The standard InChI is InChI=1S/C29H39N5O6S/c1-19(18-35)32-41(37,38)22-3-4-23(25(16-22)33-10-8-29(6-7-29)9-11-33)31-28(36)24-15-21-5-13-40-26(21)27(30-24)34-12-14-39-20(2)17-34/h3-4,15-16,19-20,32,35H,5-14,17-18H2,1-2H3,(H,31,36)/t19-,20-/m1/s1. The summed E-state index contributed by atoms with van der Waals surface area (Å²) in [4.78, 5) is 22.8. The molecular formula is C29H39N5O6S. The van der Waals surface area contributed by atoms with E-state index in [-0.39, 0.29) is 23.5 Å². The van der Waals surface area contributed by atoms with E-state index in [1.54, 1.807) is 25.1 Å². The van der Waals surface area contributed by atoms with Crippen molar-refractivity contribution in [3.63, 3.8) is 0 Å². The Morgan fingerprint density at radius 2 is 1.93 bits per heavy atom. The van der Waals surface area contributed by atoms with Gasteiger partial charge in [-0.1, -0.05) is 0 Å². The zero-order chi connectivity index (χ0) is 28.8. The van der Waals surface area contributed by atoms with Gasteiger partial charge in [-0.25, -0.2) is 18.1 Å². The van der Waals surface area contributed by atoms with E-state index in [1.807, 2.05) is 6.92 Å². The van der Waals surface area contributed by atoms with Gasteiger partial charge >= 0.3 is 0 Å². The van der Waals surface area contributed by atoms with Gasteiger partial charge in [-0.2, -0.15) is 0 Å². The van der Waals surface area contributed by atoms with Gasteiger partial charge in [-0.3, -0.25) is 4.79 Å². The molecule has 1 aromatic carbocycles. The average molecular weight is 586 g/mol. The number of nitrogens with one attached hydrogen (secondary N) is 2. The number of fused-ring (bicyclic) bond motifs is 1. The minimum absolute atomic E-state index is 0.0478. The minimum Gasteiger partial charge on any atom is -0.489 e. The Bertz CT molecular complexity index is 1420. The highest BCUT2D eigenvalue weighted by Crippen LogP contribution is 2.54. The first-order chi connectivity index (χ1) is 19.7. The second-order valence-corrected chi connectivity index (χ2v) is 13.6. The second-order valence-electron chi connectivity index (χ2n) is 11.9. The van der Waals surface area contributed by atoms with Crippen molar-refractivity contribution in [2.24, 2.45) is 5.41 Å². The van der Waals surface area contributed by atoms with Crippen LogP contribution >= 0.6 is 0 Å².